The molecule has 1 aromatic carbocycles. The Balaban J connectivity index is 1.26. The number of benzene rings is 1. The normalized spacial score (nSPS) is 17.7. The summed E-state index contributed by atoms with van der Waals surface area (Å²) >= 11 is 6.37. The van der Waals surface area contributed by atoms with E-state index in [1.165, 1.54) is 0 Å². The number of likely N-dealkylation sites (tertiary alicyclic amines) is 1. The Hall–Kier alpha value is -3.17. The molecule has 0 saturated carbocycles. The van der Waals surface area contributed by atoms with Crippen LogP contribution >= 0.6 is 11.6 Å². The second-order valence-electron chi connectivity index (χ2n) is 11.1. The van der Waals surface area contributed by atoms with Crippen LogP contribution in [-0.2, 0) is 29.2 Å². The van der Waals surface area contributed by atoms with Gasteiger partial charge in [0.1, 0.15) is 5.60 Å². The summed E-state index contributed by atoms with van der Waals surface area (Å²) in [7, 11) is 0. The van der Waals surface area contributed by atoms with Crippen LogP contribution in [0.1, 0.15) is 72.2 Å². The quantitative estimate of drug-likeness (QED) is 0.460. The number of nitrogens with zero attached hydrogens (tertiary/aromatic N) is 5. The first-order valence-electron chi connectivity index (χ1n) is 13.0. The number of ether oxygens (including phenoxy) is 2. The topological polar surface area (TPSA) is 89.3 Å². The molecule has 4 heterocycles. The van der Waals surface area contributed by atoms with Gasteiger partial charge in [-0.15, -0.1) is 0 Å². The number of piperidine rings is 1. The van der Waals surface area contributed by atoms with Crippen LogP contribution in [0.5, 0.6) is 0 Å². The van der Waals surface area contributed by atoms with E-state index in [0.29, 0.717) is 36.8 Å². The lowest BCUT2D eigenvalue weighted by Gasteiger charge is -2.34. The molecule has 2 aliphatic rings. The van der Waals surface area contributed by atoms with Crippen LogP contribution in [0.3, 0.4) is 0 Å². The Morgan fingerprint density at radius 2 is 1.89 bits per heavy atom. The second kappa shape index (κ2) is 10.2. The monoisotopic (exact) mass is 539 g/mol. The molecule has 10 heteroatoms. The van der Waals surface area contributed by atoms with Gasteiger partial charge in [-0.3, -0.25) is 4.79 Å². The van der Waals surface area contributed by atoms with Crippen LogP contribution < -0.4 is 0 Å². The first-order valence-corrected chi connectivity index (χ1v) is 13.4. The maximum atomic E-state index is 13.6. The van der Waals surface area contributed by atoms with Gasteiger partial charge in [-0.25, -0.2) is 14.3 Å². The summed E-state index contributed by atoms with van der Waals surface area (Å²) in [4.78, 5) is 34.3. The van der Waals surface area contributed by atoms with Crippen LogP contribution in [0.4, 0.5) is 4.79 Å². The van der Waals surface area contributed by atoms with Gasteiger partial charge in [0.15, 0.2) is 5.65 Å². The molecule has 2 amide bonds. The molecule has 0 spiro atoms. The lowest BCUT2D eigenvalue weighted by atomic mass is 10.1. The number of carbonyl (C=O) groups excluding carboxylic acids is 2. The molecular weight excluding hydrogens is 506 g/mol. The summed E-state index contributed by atoms with van der Waals surface area (Å²) in [5.74, 6) is -0.0678. The zero-order valence-electron chi connectivity index (χ0n) is 22.6. The summed E-state index contributed by atoms with van der Waals surface area (Å²) in [6, 6.07) is 7.53. The molecule has 5 rings (SSSR count). The molecule has 3 aromatic rings. The third-order valence-electron chi connectivity index (χ3n) is 7.00. The molecule has 0 N–H and O–H groups in total. The van der Waals surface area contributed by atoms with Crippen molar-refractivity contribution in [3.8, 4) is 0 Å². The van der Waals surface area contributed by atoms with Crippen molar-refractivity contribution >= 4 is 29.2 Å². The minimum atomic E-state index is -0.538. The van der Waals surface area contributed by atoms with Crippen molar-refractivity contribution in [1.29, 1.82) is 0 Å². The third kappa shape index (κ3) is 5.22. The summed E-state index contributed by atoms with van der Waals surface area (Å²) < 4.78 is 13.5. The van der Waals surface area contributed by atoms with Crippen LogP contribution in [0.25, 0.3) is 5.65 Å². The average molecular weight is 540 g/mol. The van der Waals surface area contributed by atoms with Gasteiger partial charge in [0, 0.05) is 17.7 Å². The van der Waals surface area contributed by atoms with Gasteiger partial charge >= 0.3 is 6.09 Å². The molecular formula is C28H34ClN5O4. The molecule has 0 bridgehead atoms. The van der Waals surface area contributed by atoms with E-state index in [-0.39, 0.29) is 24.7 Å². The van der Waals surface area contributed by atoms with Crippen molar-refractivity contribution in [1.82, 2.24) is 24.4 Å². The van der Waals surface area contributed by atoms with E-state index >= 15 is 0 Å². The number of aryl methyl sites for hydroxylation is 2. The van der Waals surface area contributed by atoms with E-state index in [1.807, 2.05) is 58.9 Å². The van der Waals surface area contributed by atoms with Crippen molar-refractivity contribution < 1.29 is 19.1 Å². The number of amides is 2. The minimum Gasteiger partial charge on any atom is -0.444 e. The first-order chi connectivity index (χ1) is 18.0. The number of fused-ring (bicyclic) bond motifs is 3. The number of carbonyl (C=O) groups is 2. The summed E-state index contributed by atoms with van der Waals surface area (Å²) in [5, 5.41) is 5.30. The van der Waals surface area contributed by atoms with E-state index in [2.05, 4.69) is 4.98 Å². The number of hydrogen-bond acceptors (Lipinski definition) is 6. The highest BCUT2D eigenvalue weighted by atomic mass is 35.5. The Morgan fingerprint density at radius 3 is 2.66 bits per heavy atom. The fourth-order valence-corrected chi connectivity index (χ4v) is 5.18. The van der Waals surface area contributed by atoms with Crippen LogP contribution in [0, 0.1) is 13.8 Å². The fourth-order valence-electron chi connectivity index (χ4n) is 5.06. The smallest absolute Gasteiger partial charge is 0.410 e. The average Bonchev–Trinajstić information content (AvgIpc) is 3.44. The highest BCUT2D eigenvalue weighted by molar-refractivity contribution is 6.31. The van der Waals surface area contributed by atoms with Crippen LogP contribution in [0.15, 0.2) is 24.3 Å². The summed E-state index contributed by atoms with van der Waals surface area (Å²) in [6.07, 6.45) is 1.26. The molecule has 2 aromatic heterocycles. The summed E-state index contributed by atoms with van der Waals surface area (Å²) in [6.45, 7) is 11.7. The molecule has 202 valence electrons. The largest absolute Gasteiger partial charge is 0.444 e. The minimum absolute atomic E-state index is 0.0678. The number of hydrogen-bond donors (Lipinski definition) is 0. The number of aromatic nitrogens is 3. The fraction of sp³-hybridized carbons (Fsp3) is 0.500. The van der Waals surface area contributed by atoms with E-state index in [0.717, 1.165) is 46.7 Å². The highest BCUT2D eigenvalue weighted by Crippen LogP contribution is 2.30. The van der Waals surface area contributed by atoms with E-state index in [1.54, 1.807) is 14.3 Å². The SMILES string of the molecule is Cc1nc2c3c(nn2c(C)c1Cl)CN(C(=O)c1ccccc1CO[C@H]1CCCN(C(=O)OC(C)(C)C)C1)C3. The predicted octanol–water partition coefficient (Wildman–Crippen LogP) is 5.07. The molecule has 1 saturated heterocycles. The Kier molecular flexibility index (Phi) is 7.09. The lowest BCUT2D eigenvalue weighted by molar-refractivity contribution is -0.0260. The summed E-state index contributed by atoms with van der Waals surface area (Å²) in [5.41, 5.74) is 5.03. The Labute approximate surface area is 227 Å². The van der Waals surface area contributed by atoms with Crippen molar-refractivity contribution in [2.45, 2.75) is 78.9 Å². The maximum Gasteiger partial charge on any atom is 0.410 e. The number of rotatable bonds is 4. The van der Waals surface area contributed by atoms with E-state index < -0.39 is 5.60 Å². The van der Waals surface area contributed by atoms with Crippen molar-refractivity contribution in [2.75, 3.05) is 13.1 Å². The van der Waals surface area contributed by atoms with Crippen LogP contribution in [-0.4, -0.2) is 61.2 Å². The molecule has 9 nitrogen and oxygen atoms in total. The van der Waals surface area contributed by atoms with Gasteiger partial charge in [-0.05, 0) is 59.1 Å². The van der Waals surface area contributed by atoms with E-state index in [9.17, 15) is 9.59 Å². The lowest BCUT2D eigenvalue weighted by Crippen LogP contribution is -2.45. The zero-order chi connectivity index (χ0) is 27.2. The second-order valence-corrected chi connectivity index (χ2v) is 11.5. The number of halogens is 1. The molecule has 1 atom stereocenters. The van der Waals surface area contributed by atoms with Gasteiger partial charge in [-0.1, -0.05) is 29.8 Å². The van der Waals surface area contributed by atoms with Crippen molar-refractivity contribution in [3.63, 3.8) is 0 Å². The molecule has 2 aliphatic heterocycles. The molecule has 0 unspecified atom stereocenters. The standard InChI is InChI=1S/C28H34ClN5O4/c1-17-24(29)18(2)34-25(30-17)22-14-33(15-23(22)31-34)26(35)21-11-7-6-9-19(21)16-37-20-10-8-12-32(13-20)27(36)38-28(3,4)5/h6-7,9,11,20H,8,10,12-16H2,1-5H3/t20-/m0/s1. The molecule has 0 radical (unpaired) electrons. The zero-order valence-corrected chi connectivity index (χ0v) is 23.3. The predicted molar refractivity (Wildman–Crippen MR) is 143 cm³/mol. The molecule has 0 aliphatic carbocycles. The molecule has 38 heavy (non-hydrogen) atoms. The van der Waals surface area contributed by atoms with Gasteiger partial charge in [0.05, 0.1) is 54.4 Å². The highest BCUT2D eigenvalue weighted by Gasteiger charge is 2.32. The van der Waals surface area contributed by atoms with Crippen LogP contribution in [0.2, 0.25) is 5.02 Å². The van der Waals surface area contributed by atoms with Gasteiger partial charge in [0.2, 0.25) is 0 Å². The first kappa shape index (κ1) is 26.4. The Bertz CT molecular complexity index is 1400. The maximum absolute atomic E-state index is 13.6. The molecule has 1 fully saturated rings. The van der Waals surface area contributed by atoms with Gasteiger partial charge in [0.25, 0.3) is 5.91 Å². The van der Waals surface area contributed by atoms with Gasteiger partial charge < -0.3 is 19.3 Å². The third-order valence-corrected chi connectivity index (χ3v) is 7.54. The van der Waals surface area contributed by atoms with Gasteiger partial charge in [-0.2, -0.15) is 5.10 Å². The van der Waals surface area contributed by atoms with Crippen molar-refractivity contribution in [2.24, 2.45) is 0 Å². The van der Waals surface area contributed by atoms with Crippen molar-refractivity contribution in [3.05, 3.63) is 63.1 Å². The van der Waals surface area contributed by atoms with E-state index in [4.69, 9.17) is 26.2 Å². The Morgan fingerprint density at radius 1 is 1.13 bits per heavy atom.